The molecule has 0 aliphatic carbocycles. The Morgan fingerprint density at radius 2 is 0.868 bits per heavy atom. The van der Waals surface area contributed by atoms with Crippen LogP contribution in [0.3, 0.4) is 0 Å². The summed E-state index contributed by atoms with van der Waals surface area (Å²) < 4.78 is 16.1. The molecule has 3 nitrogen and oxygen atoms in total. The smallest absolute Gasteiger partial charge is 0.310 e. The topological polar surface area (TPSA) is 29.5 Å². The predicted octanol–water partition coefficient (Wildman–Crippen LogP) is 9.93. The van der Waals surface area contributed by atoms with Gasteiger partial charge >= 0.3 is 8.16 Å². The molecule has 0 bridgehead atoms. The molecule has 4 heteroatoms. The number of fused-ring (bicyclic) bond motifs is 7. The fourth-order valence-electron chi connectivity index (χ4n) is 5.23. The molecule has 1 heterocycles. The first kappa shape index (κ1) is 22.9. The lowest BCUT2D eigenvalue weighted by atomic mass is 9.99. The summed E-state index contributed by atoms with van der Waals surface area (Å²) in [6, 6.07) is 46.6. The van der Waals surface area contributed by atoms with E-state index in [1.807, 2.05) is 0 Å². The van der Waals surface area contributed by atoms with Crippen molar-refractivity contribution in [2.75, 3.05) is 4.67 Å². The van der Waals surface area contributed by atoms with Gasteiger partial charge in [-0.2, -0.15) is 4.67 Å². The highest BCUT2D eigenvalue weighted by atomic mass is 31.1. The molecule has 0 amide bonds. The highest BCUT2D eigenvalue weighted by Gasteiger charge is 2.18. The van der Waals surface area contributed by atoms with E-state index in [4.69, 9.17) is 8.39 Å². The Labute approximate surface area is 222 Å². The maximum absolute atomic E-state index is 6.87. The molecule has 38 heavy (non-hydrogen) atoms. The summed E-state index contributed by atoms with van der Waals surface area (Å²) >= 11 is 0. The van der Waals surface area contributed by atoms with E-state index in [9.17, 15) is 0 Å². The first-order chi connectivity index (χ1) is 18.8. The van der Waals surface area contributed by atoms with Crippen molar-refractivity contribution in [3.05, 3.63) is 145 Å². The first-order valence-corrected chi connectivity index (χ1v) is 14.0. The van der Waals surface area contributed by atoms with E-state index in [1.165, 1.54) is 32.7 Å². The average molecular weight is 512 g/mol. The Hall–Kier alpha value is -4.30. The van der Waals surface area contributed by atoms with Gasteiger partial charge in [-0.3, -0.25) is 0 Å². The van der Waals surface area contributed by atoms with Crippen molar-refractivity contribution < 1.29 is 8.39 Å². The van der Waals surface area contributed by atoms with Crippen LogP contribution in [0.25, 0.3) is 43.5 Å². The monoisotopic (exact) mass is 511 g/mol. The van der Waals surface area contributed by atoms with E-state index >= 15 is 0 Å². The van der Waals surface area contributed by atoms with Crippen LogP contribution in [0.15, 0.2) is 142 Å². The number of hydrogen-bond donors (Lipinski definition) is 0. The van der Waals surface area contributed by atoms with Gasteiger partial charge in [-0.15, -0.1) is 0 Å². The van der Waals surface area contributed by atoms with Gasteiger partial charge in [-0.05, 0) is 44.8 Å². The molecule has 0 saturated heterocycles. The normalized spacial score (nSPS) is 11.6. The molecule has 0 spiro atoms. The van der Waals surface area contributed by atoms with Gasteiger partial charge in [0.1, 0.15) is 11.2 Å². The highest BCUT2D eigenvalue weighted by Crippen LogP contribution is 2.42. The van der Waals surface area contributed by atoms with Gasteiger partial charge < -0.3 is 8.39 Å². The average Bonchev–Trinajstić information content (AvgIpc) is 3.15. The van der Waals surface area contributed by atoms with Gasteiger partial charge in [0.05, 0.1) is 0 Å². The fraction of sp³-hybridized carbons (Fsp3) is 0.0588. The Morgan fingerprint density at radius 1 is 0.447 bits per heavy atom. The lowest BCUT2D eigenvalue weighted by Crippen LogP contribution is -2.18. The summed E-state index contributed by atoms with van der Waals surface area (Å²) in [6.45, 7) is 1.43. The van der Waals surface area contributed by atoms with Crippen LogP contribution in [0.2, 0.25) is 0 Å². The fourth-order valence-corrected chi connectivity index (χ4v) is 6.70. The second kappa shape index (κ2) is 9.87. The molecule has 0 aliphatic rings. The third-order valence-corrected chi connectivity index (χ3v) is 8.48. The second-order valence-electron chi connectivity index (χ2n) is 9.53. The zero-order valence-electron chi connectivity index (χ0n) is 20.8. The Bertz CT molecular complexity index is 1790. The molecule has 184 valence electrons. The molecule has 0 aliphatic heterocycles. The number of hydrogen-bond acceptors (Lipinski definition) is 3. The second-order valence-corrected chi connectivity index (χ2v) is 10.9. The van der Waals surface area contributed by atoms with E-state index in [-0.39, 0.29) is 0 Å². The summed E-state index contributed by atoms with van der Waals surface area (Å²) in [5.74, 6) is 0. The Morgan fingerprint density at radius 3 is 1.34 bits per heavy atom. The maximum atomic E-state index is 6.87. The largest absolute Gasteiger partial charge is 0.408 e. The van der Waals surface area contributed by atoms with Crippen LogP contribution in [-0.4, -0.2) is 0 Å². The Balaban J connectivity index is 1.55. The minimum absolute atomic E-state index is 0.716. The molecule has 0 N–H and O–H groups in total. The van der Waals surface area contributed by atoms with Gasteiger partial charge in [-0.1, -0.05) is 121 Å². The summed E-state index contributed by atoms with van der Waals surface area (Å²) in [5, 5.41) is 6.90. The van der Waals surface area contributed by atoms with Crippen LogP contribution in [0, 0.1) is 0 Å². The van der Waals surface area contributed by atoms with E-state index in [0.717, 1.165) is 21.9 Å². The molecule has 0 atom stereocenters. The van der Waals surface area contributed by atoms with E-state index in [1.54, 1.807) is 0 Å². The highest BCUT2D eigenvalue weighted by molar-refractivity contribution is 7.38. The van der Waals surface area contributed by atoms with Crippen molar-refractivity contribution in [1.29, 1.82) is 0 Å². The summed E-state index contributed by atoms with van der Waals surface area (Å²) in [5.41, 5.74) is 4.16. The lowest BCUT2D eigenvalue weighted by molar-refractivity contribution is 0.617. The van der Waals surface area contributed by atoms with Crippen LogP contribution in [0.5, 0.6) is 0 Å². The third kappa shape index (κ3) is 4.26. The molecular formula is C34H26NO2P. The van der Waals surface area contributed by atoms with Gasteiger partial charge in [0.2, 0.25) is 0 Å². The van der Waals surface area contributed by atoms with Crippen molar-refractivity contribution in [2.24, 2.45) is 0 Å². The standard InChI is InChI=1S/C34H26NO2P/c1-3-11-25(12-4-1)23-35(24-26-13-5-2-6-14-26)38-36-31-21-19-27-15-7-9-17-29(27)33(31)34-30-18-10-8-16-28(30)20-22-32(34)37-38/h1-22H,23-24H2. The third-order valence-electron chi connectivity index (χ3n) is 7.03. The molecular weight excluding hydrogens is 485 g/mol. The molecule has 6 aromatic carbocycles. The van der Waals surface area contributed by atoms with Crippen LogP contribution in [-0.2, 0) is 13.1 Å². The van der Waals surface area contributed by atoms with Crippen molar-refractivity contribution in [1.82, 2.24) is 0 Å². The minimum atomic E-state index is -1.46. The molecule has 0 saturated carbocycles. The lowest BCUT2D eigenvalue weighted by Gasteiger charge is -2.19. The zero-order chi connectivity index (χ0) is 25.3. The van der Waals surface area contributed by atoms with Crippen LogP contribution >= 0.6 is 8.16 Å². The summed E-state index contributed by atoms with van der Waals surface area (Å²) in [7, 11) is -1.46. The van der Waals surface area contributed by atoms with Crippen molar-refractivity contribution in [2.45, 2.75) is 13.1 Å². The van der Waals surface area contributed by atoms with Crippen LogP contribution < -0.4 is 4.67 Å². The number of rotatable bonds is 5. The van der Waals surface area contributed by atoms with Crippen LogP contribution in [0.4, 0.5) is 0 Å². The predicted molar refractivity (Wildman–Crippen MR) is 160 cm³/mol. The zero-order valence-corrected chi connectivity index (χ0v) is 21.7. The quantitative estimate of drug-likeness (QED) is 0.230. The first-order valence-electron chi connectivity index (χ1n) is 12.9. The van der Waals surface area contributed by atoms with Crippen LogP contribution in [0.1, 0.15) is 11.1 Å². The molecule has 0 unspecified atom stereocenters. The van der Waals surface area contributed by atoms with Crippen molar-refractivity contribution >= 4 is 51.6 Å². The van der Waals surface area contributed by atoms with Gasteiger partial charge in [-0.25, -0.2) is 0 Å². The molecule has 7 aromatic rings. The van der Waals surface area contributed by atoms with Gasteiger partial charge in [0, 0.05) is 23.9 Å². The minimum Gasteiger partial charge on any atom is -0.408 e. The van der Waals surface area contributed by atoms with Gasteiger partial charge in [0.15, 0.2) is 0 Å². The molecule has 7 rings (SSSR count). The maximum Gasteiger partial charge on any atom is 0.310 e. The summed E-state index contributed by atoms with van der Waals surface area (Å²) in [6.07, 6.45) is 0. The van der Waals surface area contributed by atoms with Crippen molar-refractivity contribution in [3.63, 3.8) is 0 Å². The summed E-state index contributed by atoms with van der Waals surface area (Å²) in [4.78, 5) is 0. The van der Waals surface area contributed by atoms with Gasteiger partial charge in [0.25, 0.3) is 0 Å². The number of nitrogens with zero attached hydrogens (tertiary/aromatic N) is 1. The SMILES string of the molecule is c1ccc(CN(Cc2ccccc2)p2oc3ccc4ccccc4c3c3c(ccc4ccccc43)o2)cc1. The van der Waals surface area contributed by atoms with E-state index in [0.29, 0.717) is 13.1 Å². The molecule has 0 fully saturated rings. The van der Waals surface area contributed by atoms with E-state index < -0.39 is 8.16 Å². The van der Waals surface area contributed by atoms with E-state index in [2.05, 4.69) is 138 Å². The Kier molecular flexibility index (Phi) is 5.94. The number of benzene rings is 6. The van der Waals surface area contributed by atoms with Crippen molar-refractivity contribution in [3.8, 4) is 0 Å². The molecule has 1 aromatic heterocycles. The molecule has 0 radical (unpaired) electrons.